The fourth-order valence-electron chi connectivity index (χ4n) is 4.22. The van der Waals surface area contributed by atoms with Crippen LogP contribution in [0.5, 0.6) is 5.75 Å². The molecule has 2 aromatic rings. The van der Waals surface area contributed by atoms with Crippen molar-refractivity contribution in [2.45, 2.75) is 23.4 Å². The molecular formula is C23H25N3O7S. The van der Waals surface area contributed by atoms with Gasteiger partial charge in [0.05, 0.1) is 16.1 Å². The molecule has 2 aliphatic rings. The topological polar surface area (TPSA) is 114 Å². The zero-order valence-corrected chi connectivity index (χ0v) is 19.9. The number of esters is 1. The number of nitrogens with zero attached hydrogens (tertiary/aromatic N) is 3. The molecule has 1 unspecified atom stereocenters. The van der Waals surface area contributed by atoms with Crippen LogP contribution < -0.4 is 9.64 Å². The molecule has 1 fully saturated rings. The number of para-hydroxylation sites is 1. The zero-order chi connectivity index (χ0) is 24.7. The molecule has 1 atom stereocenters. The van der Waals surface area contributed by atoms with Crippen molar-refractivity contribution in [3.63, 3.8) is 0 Å². The van der Waals surface area contributed by atoms with Crippen molar-refractivity contribution in [3.8, 4) is 5.75 Å². The van der Waals surface area contributed by atoms with Crippen molar-refractivity contribution in [2.24, 2.45) is 0 Å². The van der Waals surface area contributed by atoms with Gasteiger partial charge in [-0.3, -0.25) is 14.5 Å². The van der Waals surface area contributed by atoms with E-state index in [1.165, 1.54) is 55.2 Å². The fraction of sp³-hybridized carbons (Fsp3) is 0.348. The molecule has 4 rings (SSSR count). The number of likely N-dealkylation sites (N-methyl/N-ethyl adjacent to an activating group) is 1. The van der Waals surface area contributed by atoms with Crippen molar-refractivity contribution in [2.75, 3.05) is 39.3 Å². The summed E-state index contributed by atoms with van der Waals surface area (Å²) in [5.74, 6) is -0.918. The van der Waals surface area contributed by atoms with E-state index in [2.05, 4.69) is 0 Å². The lowest BCUT2D eigenvalue weighted by Crippen LogP contribution is -2.67. The largest absolute Gasteiger partial charge is 0.490 e. The second-order valence-electron chi connectivity index (χ2n) is 8.17. The van der Waals surface area contributed by atoms with E-state index < -0.39 is 21.7 Å². The zero-order valence-electron chi connectivity index (χ0n) is 19.1. The normalized spacial score (nSPS) is 19.8. The van der Waals surface area contributed by atoms with Crippen LogP contribution >= 0.6 is 0 Å². The molecule has 2 aliphatic heterocycles. The Morgan fingerprint density at radius 2 is 1.74 bits per heavy atom. The minimum absolute atomic E-state index is 0.00376. The Morgan fingerprint density at radius 3 is 2.41 bits per heavy atom. The van der Waals surface area contributed by atoms with E-state index in [4.69, 9.17) is 9.47 Å². The Hall–Kier alpha value is -3.44. The highest BCUT2D eigenvalue weighted by molar-refractivity contribution is 7.89. The third kappa shape index (κ3) is 3.70. The summed E-state index contributed by atoms with van der Waals surface area (Å²) >= 11 is 0. The summed E-state index contributed by atoms with van der Waals surface area (Å²) in [5, 5.41) is 0. The molecule has 0 N–H and O–H groups in total. The van der Waals surface area contributed by atoms with Gasteiger partial charge in [-0.25, -0.2) is 17.5 Å². The van der Waals surface area contributed by atoms with Crippen LogP contribution in [-0.2, 0) is 24.3 Å². The number of hydrogen-bond donors (Lipinski definition) is 0. The molecule has 0 aromatic heterocycles. The van der Waals surface area contributed by atoms with Crippen LogP contribution in [0, 0.1) is 0 Å². The summed E-state index contributed by atoms with van der Waals surface area (Å²) in [6, 6.07) is 12.6. The summed E-state index contributed by atoms with van der Waals surface area (Å²) in [6.07, 6.45) is 0.240. The van der Waals surface area contributed by atoms with Gasteiger partial charge in [-0.1, -0.05) is 12.1 Å². The van der Waals surface area contributed by atoms with Crippen LogP contribution in [0.2, 0.25) is 0 Å². The first-order chi connectivity index (χ1) is 16.1. The van der Waals surface area contributed by atoms with Crippen LogP contribution in [0.15, 0.2) is 53.4 Å². The Kier molecular flexibility index (Phi) is 6.09. The molecule has 2 heterocycles. The van der Waals surface area contributed by atoms with Crippen LogP contribution in [-0.4, -0.2) is 75.4 Å². The van der Waals surface area contributed by atoms with E-state index in [9.17, 15) is 22.8 Å². The number of amides is 2. The van der Waals surface area contributed by atoms with Gasteiger partial charge in [-0.05, 0) is 36.4 Å². The van der Waals surface area contributed by atoms with Crippen LogP contribution in [0.25, 0.3) is 0 Å². The number of rotatable bonds is 7. The van der Waals surface area contributed by atoms with Crippen molar-refractivity contribution in [3.05, 3.63) is 54.1 Å². The van der Waals surface area contributed by atoms with Gasteiger partial charge in [0, 0.05) is 34.0 Å². The quantitative estimate of drug-likeness (QED) is 0.429. The maximum atomic E-state index is 13.2. The first-order valence-electron chi connectivity index (χ1n) is 10.6. The van der Waals surface area contributed by atoms with E-state index in [1.807, 2.05) is 0 Å². The van der Waals surface area contributed by atoms with Crippen LogP contribution in [0.4, 0.5) is 5.69 Å². The summed E-state index contributed by atoms with van der Waals surface area (Å²) in [6.45, 7) is -0.117. The van der Waals surface area contributed by atoms with Gasteiger partial charge >= 0.3 is 5.97 Å². The Bertz CT molecular complexity index is 1240. The molecule has 0 bridgehead atoms. The number of anilines is 1. The highest BCUT2D eigenvalue weighted by Crippen LogP contribution is 2.44. The molecule has 0 radical (unpaired) electrons. The van der Waals surface area contributed by atoms with Gasteiger partial charge < -0.3 is 14.4 Å². The predicted molar refractivity (Wildman–Crippen MR) is 122 cm³/mol. The molecular weight excluding hydrogens is 462 g/mol. The summed E-state index contributed by atoms with van der Waals surface area (Å²) in [4.78, 5) is 41.6. The maximum absolute atomic E-state index is 13.2. The number of ether oxygens (including phenoxy) is 2. The van der Waals surface area contributed by atoms with Crippen molar-refractivity contribution >= 4 is 33.5 Å². The average molecular weight is 488 g/mol. The highest BCUT2D eigenvalue weighted by Gasteiger charge is 2.60. The van der Waals surface area contributed by atoms with Gasteiger partial charge in [0.25, 0.3) is 5.91 Å². The molecule has 180 valence electrons. The third-order valence-electron chi connectivity index (χ3n) is 6.06. The van der Waals surface area contributed by atoms with E-state index in [0.717, 1.165) is 4.31 Å². The molecule has 10 nitrogen and oxygen atoms in total. The van der Waals surface area contributed by atoms with Gasteiger partial charge in [-0.15, -0.1) is 0 Å². The number of carbonyl (C=O) groups is 3. The third-order valence-corrected chi connectivity index (χ3v) is 7.89. The van der Waals surface area contributed by atoms with Crippen molar-refractivity contribution in [1.82, 2.24) is 9.21 Å². The van der Waals surface area contributed by atoms with Crippen LogP contribution in [0.3, 0.4) is 0 Å². The van der Waals surface area contributed by atoms with Gasteiger partial charge in [0.15, 0.2) is 0 Å². The molecule has 34 heavy (non-hydrogen) atoms. The number of fused-ring (bicyclic) bond motifs is 3. The Balaban J connectivity index is 1.43. The Morgan fingerprint density at radius 1 is 1.06 bits per heavy atom. The van der Waals surface area contributed by atoms with E-state index >= 15 is 0 Å². The van der Waals surface area contributed by atoms with E-state index in [-0.39, 0.29) is 42.8 Å². The lowest BCUT2D eigenvalue weighted by molar-refractivity contribution is -0.157. The smallest absolute Gasteiger partial charge is 0.353 e. The van der Waals surface area contributed by atoms with Crippen molar-refractivity contribution in [1.29, 1.82) is 0 Å². The predicted octanol–water partition coefficient (Wildman–Crippen LogP) is 1.47. The average Bonchev–Trinajstić information content (AvgIpc) is 3.18. The molecule has 0 aliphatic carbocycles. The monoisotopic (exact) mass is 487 g/mol. The second-order valence-corrected chi connectivity index (χ2v) is 10.3. The van der Waals surface area contributed by atoms with Crippen molar-refractivity contribution < 1.29 is 32.3 Å². The number of benzene rings is 2. The number of carbonyl (C=O) groups excluding carboxylic acids is 3. The summed E-state index contributed by atoms with van der Waals surface area (Å²) < 4.78 is 36.4. The van der Waals surface area contributed by atoms with Gasteiger partial charge in [-0.2, -0.15) is 0 Å². The highest BCUT2D eigenvalue weighted by atomic mass is 32.2. The van der Waals surface area contributed by atoms with Gasteiger partial charge in [0.1, 0.15) is 19.0 Å². The second kappa shape index (κ2) is 8.73. The molecule has 1 saturated heterocycles. The number of hydrogen-bond acceptors (Lipinski definition) is 7. The minimum atomic E-state index is -3.54. The fourth-order valence-corrected chi connectivity index (χ4v) is 5.12. The number of sulfonamides is 1. The maximum Gasteiger partial charge on any atom is 0.353 e. The van der Waals surface area contributed by atoms with Crippen LogP contribution in [0.1, 0.15) is 23.2 Å². The Labute approximate surface area is 197 Å². The minimum Gasteiger partial charge on any atom is -0.490 e. The molecule has 2 aromatic carbocycles. The first kappa shape index (κ1) is 23.7. The standard InChI is InChI=1S/C23H25N3O7S/c1-24(2)34(30,31)17-10-8-16(9-11-17)32-14-15-33-22(29)23-13-12-20(27)26(23)19-7-5-4-6-18(19)21(28)25(23)3/h4-11H,12-15H2,1-3H3. The lowest BCUT2D eigenvalue weighted by Gasteiger charge is -2.46. The summed E-state index contributed by atoms with van der Waals surface area (Å²) in [5.41, 5.74) is -0.786. The van der Waals surface area contributed by atoms with E-state index in [0.29, 0.717) is 17.0 Å². The molecule has 0 saturated carbocycles. The van der Waals surface area contributed by atoms with Gasteiger partial charge in [0.2, 0.25) is 21.6 Å². The molecule has 0 spiro atoms. The summed E-state index contributed by atoms with van der Waals surface area (Å²) in [7, 11) is 0.842. The SMILES string of the molecule is CN1C(=O)c2ccccc2N2C(=O)CCC12C(=O)OCCOc1ccc(S(=O)(=O)N(C)C)cc1. The first-order valence-corrected chi connectivity index (χ1v) is 12.1. The lowest BCUT2D eigenvalue weighted by atomic mass is 9.97. The molecule has 2 amide bonds. The van der Waals surface area contributed by atoms with E-state index in [1.54, 1.807) is 24.3 Å². The molecule has 11 heteroatoms.